The van der Waals surface area contributed by atoms with E-state index >= 15 is 0 Å². The Balaban J connectivity index is 0.000000320. The number of benzene rings is 4. The molecule has 0 atom stereocenters. The van der Waals surface area contributed by atoms with Crippen LogP contribution in [-0.4, -0.2) is 6.88 Å². The number of hydrogen-bond acceptors (Lipinski definition) is 0. The number of aryl methyl sites for hydroxylation is 2. The quantitative estimate of drug-likeness (QED) is 0.106. The maximum absolute atomic E-state index is 3.06. The van der Waals surface area contributed by atoms with Crippen molar-refractivity contribution in [2.45, 2.75) is 90.9 Å². The van der Waals surface area contributed by atoms with E-state index in [1.54, 1.807) is 0 Å². The Morgan fingerprint density at radius 3 is 1.21 bits per heavy atom. The number of fused-ring (bicyclic) bond motifs is 2. The van der Waals surface area contributed by atoms with Crippen molar-refractivity contribution < 1.29 is 23.3 Å². The number of halogens is 2. The maximum atomic E-state index is 3.06. The Morgan fingerprint density at radius 1 is 0.538 bits per heavy atom. The first-order valence-corrected chi connectivity index (χ1v) is 22.7. The molecule has 2 fully saturated rings. The summed E-state index contributed by atoms with van der Waals surface area (Å²) in [5.41, 5.74) is 11.3. The van der Waals surface area contributed by atoms with Crippen molar-refractivity contribution in [3.05, 3.63) is 146 Å². The van der Waals surface area contributed by atoms with E-state index in [2.05, 4.69) is 130 Å². The van der Waals surface area contributed by atoms with E-state index in [9.17, 15) is 0 Å². The van der Waals surface area contributed by atoms with Gasteiger partial charge in [0.05, 0.1) is 0 Å². The topological polar surface area (TPSA) is 0 Å². The summed E-state index contributed by atoms with van der Waals surface area (Å²) in [5.74, 6) is 1.83. The summed E-state index contributed by atoms with van der Waals surface area (Å²) < 4.78 is 0. The van der Waals surface area contributed by atoms with Gasteiger partial charge in [0.15, 0.2) is 0 Å². The van der Waals surface area contributed by atoms with Crippen LogP contribution in [0.3, 0.4) is 0 Å². The molecule has 52 heavy (non-hydrogen) atoms. The molecule has 0 heterocycles. The average molecular weight is 825 g/mol. The van der Waals surface area contributed by atoms with Gasteiger partial charge in [-0.3, -0.25) is 0 Å². The summed E-state index contributed by atoms with van der Waals surface area (Å²) >= 11 is 1.36. The molecular weight excluding hydrogens is 767 g/mol. The van der Waals surface area contributed by atoms with Gasteiger partial charge in [-0.25, -0.2) is 0 Å². The molecule has 0 aromatic heterocycles. The van der Waals surface area contributed by atoms with Gasteiger partial charge in [0.2, 0.25) is 0 Å². The fraction of sp³-hybridized carbons (Fsp3) is 0.333. The van der Waals surface area contributed by atoms with Gasteiger partial charge < -0.3 is 14.9 Å². The van der Waals surface area contributed by atoms with Crippen molar-refractivity contribution in [3.8, 4) is 22.3 Å². The first-order chi connectivity index (χ1) is 23.7. The van der Waals surface area contributed by atoms with Crippen LogP contribution in [0.15, 0.2) is 109 Å². The Bertz CT molecular complexity index is 1750. The molecule has 2 aliphatic rings. The van der Waals surface area contributed by atoms with Gasteiger partial charge in [0, 0.05) is 0 Å². The van der Waals surface area contributed by atoms with Crippen LogP contribution >= 0.6 is 24.8 Å². The van der Waals surface area contributed by atoms with Crippen LogP contribution in [0.1, 0.15) is 87.5 Å². The van der Waals surface area contributed by atoms with Crippen LogP contribution < -0.4 is 0 Å². The van der Waals surface area contributed by atoms with Crippen LogP contribution in [0.25, 0.3) is 43.8 Å². The molecule has 0 amide bonds. The van der Waals surface area contributed by atoms with E-state index < -0.39 is 0 Å². The average Bonchev–Trinajstić information content (AvgIpc) is 3.98. The Kier molecular flexibility index (Phi) is 20.2. The predicted octanol–water partition coefficient (Wildman–Crippen LogP) is 14.4. The van der Waals surface area contributed by atoms with Gasteiger partial charge in [-0.15, -0.1) is 93.9 Å². The van der Waals surface area contributed by atoms with Gasteiger partial charge in [0.1, 0.15) is 0 Å². The van der Waals surface area contributed by atoms with E-state index in [-0.39, 0.29) is 39.7 Å². The van der Waals surface area contributed by atoms with Crippen LogP contribution in [0.5, 0.6) is 0 Å². The second kappa shape index (κ2) is 22.9. The molecule has 2 saturated carbocycles. The summed E-state index contributed by atoms with van der Waals surface area (Å²) in [5, 5.41) is 5.64. The van der Waals surface area contributed by atoms with Gasteiger partial charge in [-0.05, 0) is 59.8 Å². The van der Waals surface area contributed by atoms with Crippen molar-refractivity contribution >= 4 is 53.2 Å². The minimum atomic E-state index is 0. The summed E-state index contributed by atoms with van der Waals surface area (Å²) in [4.78, 5) is 0. The van der Waals surface area contributed by atoms with Gasteiger partial charge >= 0.3 is 30.2 Å². The molecule has 0 unspecified atom stereocenters. The van der Waals surface area contributed by atoms with Gasteiger partial charge in [-0.2, -0.15) is 12.1 Å². The standard InChI is InChI=1S/2C23H25.2CH3.2ClH.Si.Zr/c2*1-2-17-10-12-20(13-11-17)22-9-5-8-21-15-19(16-23(21)22)14-18-6-3-4-7-18;;;;;;/h2*5,8-13,15-16,18H,2-4,6-7,14H2,1H3;2*1H3;2*1H;;/q4*-1;;;;. The first kappa shape index (κ1) is 45.9. The molecule has 276 valence electrons. The van der Waals surface area contributed by atoms with E-state index in [1.807, 2.05) is 0 Å². The van der Waals surface area contributed by atoms with Crippen molar-refractivity contribution in [2.24, 2.45) is 11.8 Å². The molecule has 0 spiro atoms. The van der Waals surface area contributed by atoms with Crippen molar-refractivity contribution in [3.63, 3.8) is 0 Å². The zero-order valence-corrected chi connectivity index (χ0v) is 36.9. The number of rotatable bonds is 8. The van der Waals surface area contributed by atoms with E-state index in [4.69, 9.17) is 0 Å². The molecule has 2 radical (unpaired) electrons. The zero-order chi connectivity index (χ0) is 33.3. The molecule has 0 bridgehead atoms. The minimum absolute atomic E-state index is 0. The zero-order valence-electron chi connectivity index (χ0n) is 31.8. The second-order valence-corrected chi connectivity index (χ2v) is 14.2. The van der Waals surface area contributed by atoms with Crippen LogP contribution in [0.4, 0.5) is 0 Å². The second-order valence-electron chi connectivity index (χ2n) is 14.2. The van der Waals surface area contributed by atoms with E-state index in [0.717, 1.165) is 24.7 Å². The Labute approximate surface area is 345 Å². The van der Waals surface area contributed by atoms with Crippen molar-refractivity contribution in [1.82, 2.24) is 0 Å². The molecule has 0 N–H and O–H groups in total. The third-order valence-corrected chi connectivity index (χ3v) is 11.0. The summed E-state index contributed by atoms with van der Waals surface area (Å²) in [6.07, 6.45) is 16.2. The normalized spacial score (nSPS) is 13.8. The molecule has 2 aliphatic carbocycles. The molecule has 4 heteroatoms. The van der Waals surface area contributed by atoms with E-state index in [0.29, 0.717) is 0 Å². The van der Waals surface area contributed by atoms with Crippen LogP contribution in [-0.2, 0) is 49.0 Å². The monoisotopic (exact) mass is 822 g/mol. The molecule has 6 aromatic rings. The Morgan fingerprint density at radius 2 is 0.885 bits per heavy atom. The Hall–Kier alpha value is -2.22. The third kappa shape index (κ3) is 11.4. The molecule has 0 nitrogen and oxygen atoms in total. The SMILES string of the molecule is CCc1ccc(-c2cccc3[cH-]c(CC4CCCC4)cc23)cc1.CCc1ccc(-c2cccc3[cH-]c(CC4CCCC4)cc23)cc1.Cl.Cl.[CH3-].[CH3-].[Si]=[Zr]. The van der Waals surface area contributed by atoms with Gasteiger partial charge in [0.25, 0.3) is 0 Å². The summed E-state index contributed by atoms with van der Waals surface area (Å²) in [6.45, 7) is 7.48. The molecule has 0 aliphatic heterocycles. The van der Waals surface area contributed by atoms with Gasteiger partial charge in [-0.1, -0.05) is 137 Å². The summed E-state index contributed by atoms with van der Waals surface area (Å²) in [7, 11) is 0. The van der Waals surface area contributed by atoms with Crippen molar-refractivity contribution in [1.29, 1.82) is 0 Å². The van der Waals surface area contributed by atoms with Crippen molar-refractivity contribution in [2.75, 3.05) is 0 Å². The summed E-state index contributed by atoms with van der Waals surface area (Å²) in [6, 6.07) is 41.3. The molecular formula is C48H58Cl2SiZr-4. The first-order valence-electron chi connectivity index (χ1n) is 18.5. The number of hydrogen-bond donors (Lipinski definition) is 0. The molecule has 0 saturated heterocycles. The third-order valence-electron chi connectivity index (χ3n) is 11.0. The fourth-order valence-corrected chi connectivity index (χ4v) is 8.27. The molecule has 6 aromatic carbocycles. The van der Waals surface area contributed by atoms with Crippen LogP contribution in [0, 0.1) is 26.7 Å². The van der Waals surface area contributed by atoms with Crippen LogP contribution in [0.2, 0.25) is 0 Å². The predicted molar refractivity (Wildman–Crippen MR) is 233 cm³/mol. The van der Waals surface area contributed by atoms with E-state index in [1.165, 1.54) is 154 Å². The molecule has 8 rings (SSSR count). The fourth-order valence-electron chi connectivity index (χ4n) is 8.27.